The van der Waals surface area contributed by atoms with E-state index < -0.39 is 0 Å². The topological polar surface area (TPSA) is 50.3 Å². The Morgan fingerprint density at radius 1 is 1.52 bits per heavy atom. The lowest BCUT2D eigenvalue weighted by Crippen LogP contribution is -2.45. The molecule has 21 heavy (non-hydrogen) atoms. The van der Waals surface area contributed by atoms with E-state index in [0.29, 0.717) is 0 Å². The molecule has 0 bridgehead atoms. The van der Waals surface area contributed by atoms with Gasteiger partial charge in [-0.2, -0.15) is 0 Å². The third kappa shape index (κ3) is 3.45. The lowest BCUT2D eigenvalue weighted by Gasteiger charge is -2.32. The number of thiophene rings is 1. The molecular weight excluding hydrogens is 308 g/mol. The highest BCUT2D eigenvalue weighted by atomic mass is 35.5. The number of hydrogen-bond acceptors (Lipinski definition) is 6. The van der Waals surface area contributed by atoms with Gasteiger partial charge >= 0.3 is 0 Å². The van der Waals surface area contributed by atoms with Gasteiger partial charge in [-0.15, -0.1) is 11.3 Å². The Hall–Kier alpha value is -0.950. The summed E-state index contributed by atoms with van der Waals surface area (Å²) in [6.07, 6.45) is 0.183. The van der Waals surface area contributed by atoms with Crippen LogP contribution in [-0.2, 0) is 4.74 Å². The molecule has 1 unspecified atom stereocenters. The van der Waals surface area contributed by atoms with Gasteiger partial charge in [-0.05, 0) is 31.1 Å². The molecule has 1 N–H and O–H groups in total. The summed E-state index contributed by atoms with van der Waals surface area (Å²) in [7, 11) is 0. The van der Waals surface area contributed by atoms with Crippen molar-refractivity contribution < 1.29 is 4.74 Å². The molecule has 0 aliphatic carbocycles. The van der Waals surface area contributed by atoms with Gasteiger partial charge in [0.25, 0.3) is 0 Å². The summed E-state index contributed by atoms with van der Waals surface area (Å²) in [6.45, 7) is 8.79. The first kappa shape index (κ1) is 15.0. The van der Waals surface area contributed by atoms with Gasteiger partial charge in [0.1, 0.15) is 10.6 Å². The fraction of sp³-hybridized carbons (Fsp3) is 0.571. The van der Waals surface area contributed by atoms with E-state index in [9.17, 15) is 0 Å². The van der Waals surface area contributed by atoms with Crippen molar-refractivity contribution in [1.82, 2.24) is 14.9 Å². The zero-order valence-electron chi connectivity index (χ0n) is 12.2. The standard InChI is InChI=1S/C14H19ClN4OS/c1-3-19-4-5-20-10(8-19)7-16-12-11-6-9(2)21-13(11)18-14(15)17-12/h6,10H,3-5,7-8H2,1-2H3,(H,16,17,18). The van der Waals surface area contributed by atoms with Gasteiger partial charge in [0.15, 0.2) is 0 Å². The molecule has 1 aliphatic rings. The Balaban J connectivity index is 1.73. The average molecular weight is 327 g/mol. The van der Waals surface area contributed by atoms with Gasteiger partial charge in [0.2, 0.25) is 5.28 Å². The summed E-state index contributed by atoms with van der Waals surface area (Å²) in [5.41, 5.74) is 0. The molecule has 0 radical (unpaired) electrons. The molecular formula is C14H19ClN4OS. The fourth-order valence-electron chi connectivity index (χ4n) is 2.55. The first-order valence-electron chi connectivity index (χ1n) is 7.17. The molecule has 0 spiro atoms. The van der Waals surface area contributed by atoms with Crippen LogP contribution in [0, 0.1) is 6.92 Å². The number of fused-ring (bicyclic) bond motifs is 1. The highest BCUT2D eigenvalue weighted by Crippen LogP contribution is 2.29. The van der Waals surface area contributed by atoms with E-state index in [1.807, 2.05) is 0 Å². The maximum Gasteiger partial charge on any atom is 0.225 e. The van der Waals surface area contributed by atoms with Gasteiger partial charge in [0, 0.05) is 24.5 Å². The number of morpholine rings is 1. The molecule has 5 nitrogen and oxygen atoms in total. The summed E-state index contributed by atoms with van der Waals surface area (Å²) < 4.78 is 5.80. The van der Waals surface area contributed by atoms with E-state index in [1.165, 1.54) is 4.88 Å². The third-order valence-corrected chi connectivity index (χ3v) is 4.77. The second-order valence-corrected chi connectivity index (χ2v) is 6.76. The largest absolute Gasteiger partial charge is 0.374 e. The summed E-state index contributed by atoms with van der Waals surface area (Å²) in [4.78, 5) is 13.1. The van der Waals surface area contributed by atoms with Crippen LogP contribution < -0.4 is 5.32 Å². The minimum atomic E-state index is 0.183. The van der Waals surface area contributed by atoms with Crippen molar-refractivity contribution >= 4 is 39.0 Å². The third-order valence-electron chi connectivity index (χ3n) is 3.66. The molecule has 0 amide bonds. The van der Waals surface area contributed by atoms with E-state index >= 15 is 0 Å². The van der Waals surface area contributed by atoms with Crippen LogP contribution in [0.1, 0.15) is 11.8 Å². The number of nitrogens with one attached hydrogen (secondary N) is 1. The smallest absolute Gasteiger partial charge is 0.225 e. The number of likely N-dealkylation sites (N-methyl/N-ethyl adjacent to an activating group) is 1. The predicted octanol–water partition coefficient (Wildman–Crippen LogP) is 2.79. The van der Waals surface area contributed by atoms with Crippen molar-refractivity contribution in [3.05, 3.63) is 16.2 Å². The van der Waals surface area contributed by atoms with Crippen LogP contribution in [-0.4, -0.2) is 53.8 Å². The number of hydrogen-bond donors (Lipinski definition) is 1. The molecule has 1 atom stereocenters. The Labute approximate surface area is 133 Å². The first-order valence-corrected chi connectivity index (χ1v) is 8.36. The van der Waals surface area contributed by atoms with Gasteiger partial charge < -0.3 is 10.1 Å². The summed E-state index contributed by atoms with van der Waals surface area (Å²) in [6, 6.07) is 2.10. The quantitative estimate of drug-likeness (QED) is 0.876. The molecule has 3 heterocycles. The van der Waals surface area contributed by atoms with E-state index in [-0.39, 0.29) is 11.4 Å². The Morgan fingerprint density at radius 3 is 3.19 bits per heavy atom. The Kier molecular flexibility index (Phi) is 4.59. The van der Waals surface area contributed by atoms with Crippen LogP contribution in [0.25, 0.3) is 10.2 Å². The Morgan fingerprint density at radius 2 is 2.38 bits per heavy atom. The number of aromatic nitrogens is 2. The van der Waals surface area contributed by atoms with Crippen LogP contribution in [0.2, 0.25) is 5.28 Å². The number of halogens is 1. The van der Waals surface area contributed by atoms with Gasteiger partial charge in [-0.25, -0.2) is 9.97 Å². The predicted molar refractivity (Wildman–Crippen MR) is 87.5 cm³/mol. The van der Waals surface area contributed by atoms with Crippen LogP contribution in [0.3, 0.4) is 0 Å². The van der Waals surface area contributed by atoms with Gasteiger partial charge in [-0.1, -0.05) is 6.92 Å². The van der Waals surface area contributed by atoms with Crippen molar-refractivity contribution in [3.8, 4) is 0 Å². The second-order valence-electron chi connectivity index (χ2n) is 5.18. The fourth-order valence-corrected chi connectivity index (χ4v) is 3.65. The maximum absolute atomic E-state index is 6.01. The normalized spacial score (nSPS) is 20.0. The number of ether oxygens (including phenoxy) is 1. The number of nitrogens with zero attached hydrogens (tertiary/aromatic N) is 3. The molecule has 7 heteroatoms. The zero-order chi connectivity index (χ0) is 14.8. The first-order chi connectivity index (χ1) is 10.2. The number of anilines is 1. The minimum absolute atomic E-state index is 0.183. The van der Waals surface area contributed by atoms with E-state index in [4.69, 9.17) is 16.3 Å². The summed E-state index contributed by atoms with van der Waals surface area (Å²) in [5.74, 6) is 0.798. The van der Waals surface area contributed by atoms with E-state index in [1.54, 1.807) is 11.3 Å². The lowest BCUT2D eigenvalue weighted by molar-refractivity contribution is -0.0192. The maximum atomic E-state index is 6.01. The van der Waals surface area contributed by atoms with Gasteiger partial charge in [0.05, 0.1) is 18.1 Å². The number of aryl methyl sites for hydroxylation is 1. The van der Waals surface area contributed by atoms with Crippen molar-refractivity contribution in [3.63, 3.8) is 0 Å². The highest BCUT2D eigenvalue weighted by molar-refractivity contribution is 7.18. The Bertz CT molecular complexity index is 633. The van der Waals surface area contributed by atoms with Crippen molar-refractivity contribution in [2.75, 3.05) is 38.1 Å². The van der Waals surface area contributed by atoms with Crippen LogP contribution in [0.4, 0.5) is 5.82 Å². The average Bonchev–Trinajstić information content (AvgIpc) is 2.85. The minimum Gasteiger partial charge on any atom is -0.374 e. The summed E-state index contributed by atoms with van der Waals surface area (Å²) in [5, 5.41) is 4.69. The zero-order valence-corrected chi connectivity index (χ0v) is 13.8. The number of rotatable bonds is 4. The highest BCUT2D eigenvalue weighted by Gasteiger charge is 2.19. The van der Waals surface area contributed by atoms with Crippen LogP contribution >= 0.6 is 22.9 Å². The van der Waals surface area contributed by atoms with E-state index in [2.05, 4.69) is 40.1 Å². The molecule has 1 fully saturated rings. The van der Waals surface area contributed by atoms with Crippen molar-refractivity contribution in [1.29, 1.82) is 0 Å². The molecule has 1 aliphatic heterocycles. The van der Waals surface area contributed by atoms with Crippen molar-refractivity contribution in [2.24, 2.45) is 0 Å². The van der Waals surface area contributed by atoms with Crippen LogP contribution in [0.5, 0.6) is 0 Å². The molecule has 2 aromatic rings. The van der Waals surface area contributed by atoms with Crippen LogP contribution in [0.15, 0.2) is 6.07 Å². The summed E-state index contributed by atoms with van der Waals surface area (Å²) >= 11 is 7.64. The molecule has 0 saturated carbocycles. The van der Waals surface area contributed by atoms with Crippen molar-refractivity contribution in [2.45, 2.75) is 20.0 Å². The second kappa shape index (κ2) is 6.44. The van der Waals surface area contributed by atoms with E-state index in [0.717, 1.165) is 48.8 Å². The molecule has 2 aromatic heterocycles. The molecule has 3 rings (SSSR count). The van der Waals surface area contributed by atoms with Gasteiger partial charge in [-0.3, -0.25) is 4.90 Å². The lowest BCUT2D eigenvalue weighted by atomic mass is 10.2. The molecule has 114 valence electrons. The molecule has 1 saturated heterocycles. The molecule has 0 aromatic carbocycles. The SMILES string of the molecule is CCN1CCOC(CNc2nc(Cl)nc3sc(C)cc23)C1. The monoisotopic (exact) mass is 326 g/mol.